The molecule has 0 heterocycles. The number of nitrogens with zero attached hydrogens (tertiary/aromatic N) is 1. The number of carbonyl (C=O) groups excluding carboxylic acids is 1. The van der Waals surface area contributed by atoms with Crippen LogP contribution in [0.4, 0.5) is 0 Å². The largest absolute Gasteiger partial charge is 0.494 e. The van der Waals surface area contributed by atoms with Gasteiger partial charge < -0.3 is 14.4 Å². The van der Waals surface area contributed by atoms with E-state index in [1.54, 1.807) is 11.9 Å². The van der Waals surface area contributed by atoms with Crippen LogP contribution in [0.1, 0.15) is 26.3 Å². The molecule has 0 unspecified atom stereocenters. The first-order valence-electron chi connectivity index (χ1n) is 6.60. The average Bonchev–Trinajstić information content (AvgIpc) is 2.38. The minimum Gasteiger partial charge on any atom is -0.494 e. The third-order valence-electron chi connectivity index (χ3n) is 2.62. The highest BCUT2D eigenvalue weighted by Gasteiger charge is 2.10. The van der Waals surface area contributed by atoms with E-state index in [1.807, 2.05) is 45.0 Å². The lowest BCUT2D eigenvalue weighted by atomic mass is 10.2. The number of rotatable bonds is 7. The molecule has 0 aliphatic rings. The van der Waals surface area contributed by atoms with Gasteiger partial charge in [0.15, 0.2) is 0 Å². The van der Waals surface area contributed by atoms with E-state index in [4.69, 9.17) is 9.47 Å². The summed E-state index contributed by atoms with van der Waals surface area (Å²) in [7, 11) is 1.78. The number of hydrogen-bond acceptors (Lipinski definition) is 3. The highest BCUT2D eigenvalue weighted by molar-refractivity contribution is 5.77. The zero-order valence-electron chi connectivity index (χ0n) is 12.2. The van der Waals surface area contributed by atoms with Crippen LogP contribution in [-0.4, -0.2) is 37.2 Å². The Balaban J connectivity index is 2.47. The summed E-state index contributed by atoms with van der Waals surface area (Å²) in [6.45, 7) is 7.15. The maximum Gasteiger partial charge on any atom is 0.248 e. The van der Waals surface area contributed by atoms with Gasteiger partial charge in [0, 0.05) is 13.6 Å². The lowest BCUT2D eigenvalue weighted by Gasteiger charge is -2.18. The Morgan fingerprint density at radius 1 is 1.26 bits per heavy atom. The number of ether oxygens (including phenoxy) is 2. The maximum atomic E-state index is 11.8. The van der Waals surface area contributed by atoms with Crippen LogP contribution in [0, 0.1) is 0 Å². The number of carbonyl (C=O) groups is 1. The van der Waals surface area contributed by atoms with Gasteiger partial charge in [-0.25, -0.2) is 0 Å². The molecule has 4 heteroatoms. The van der Waals surface area contributed by atoms with E-state index >= 15 is 0 Å². The van der Waals surface area contributed by atoms with Crippen LogP contribution in [0.2, 0.25) is 0 Å². The topological polar surface area (TPSA) is 38.8 Å². The Labute approximate surface area is 115 Å². The number of benzene rings is 1. The molecule has 0 spiro atoms. The van der Waals surface area contributed by atoms with Crippen LogP contribution >= 0.6 is 0 Å². The van der Waals surface area contributed by atoms with Crippen molar-refractivity contribution in [3.05, 3.63) is 29.8 Å². The quantitative estimate of drug-likeness (QED) is 0.760. The zero-order valence-corrected chi connectivity index (χ0v) is 12.2. The number of likely N-dealkylation sites (N-methyl/N-ethyl adjacent to an activating group) is 1. The second kappa shape index (κ2) is 7.79. The van der Waals surface area contributed by atoms with Gasteiger partial charge in [-0.05, 0) is 38.5 Å². The molecule has 0 aromatic heterocycles. The summed E-state index contributed by atoms with van der Waals surface area (Å²) in [5.74, 6) is 0.839. The van der Waals surface area contributed by atoms with Crippen molar-refractivity contribution < 1.29 is 14.3 Å². The second-order valence-electron chi connectivity index (χ2n) is 4.69. The summed E-state index contributed by atoms with van der Waals surface area (Å²) in [5, 5.41) is 0. The first kappa shape index (κ1) is 15.5. The van der Waals surface area contributed by atoms with Crippen molar-refractivity contribution >= 4 is 5.91 Å². The second-order valence-corrected chi connectivity index (χ2v) is 4.69. The molecule has 0 aliphatic carbocycles. The Hall–Kier alpha value is -1.55. The van der Waals surface area contributed by atoms with Crippen LogP contribution in [0.3, 0.4) is 0 Å². The predicted molar refractivity (Wildman–Crippen MR) is 75.2 cm³/mol. The smallest absolute Gasteiger partial charge is 0.248 e. The summed E-state index contributed by atoms with van der Waals surface area (Å²) in [6.07, 6.45) is 0.0721. The molecule has 0 saturated heterocycles. The third kappa shape index (κ3) is 5.75. The van der Waals surface area contributed by atoms with Gasteiger partial charge in [0.2, 0.25) is 5.91 Å². The Morgan fingerprint density at radius 3 is 2.42 bits per heavy atom. The SMILES string of the molecule is CCOc1ccc(CN(C)C(=O)COC(C)C)cc1. The lowest BCUT2D eigenvalue weighted by Crippen LogP contribution is -2.30. The Morgan fingerprint density at radius 2 is 1.89 bits per heavy atom. The summed E-state index contributed by atoms with van der Waals surface area (Å²) in [4.78, 5) is 13.5. The van der Waals surface area contributed by atoms with Gasteiger partial charge in [-0.15, -0.1) is 0 Å². The van der Waals surface area contributed by atoms with Gasteiger partial charge in [0.05, 0.1) is 12.7 Å². The molecule has 106 valence electrons. The molecular weight excluding hydrogens is 242 g/mol. The van der Waals surface area contributed by atoms with E-state index < -0.39 is 0 Å². The minimum atomic E-state index is -0.0115. The molecule has 1 amide bonds. The zero-order chi connectivity index (χ0) is 14.3. The molecule has 19 heavy (non-hydrogen) atoms. The first-order chi connectivity index (χ1) is 9.02. The van der Waals surface area contributed by atoms with E-state index in [-0.39, 0.29) is 18.6 Å². The van der Waals surface area contributed by atoms with E-state index in [9.17, 15) is 4.79 Å². The van der Waals surface area contributed by atoms with Gasteiger partial charge >= 0.3 is 0 Å². The molecule has 0 aliphatic heterocycles. The van der Waals surface area contributed by atoms with E-state index in [0.29, 0.717) is 13.2 Å². The van der Waals surface area contributed by atoms with E-state index in [0.717, 1.165) is 11.3 Å². The van der Waals surface area contributed by atoms with Crippen LogP contribution in [0.5, 0.6) is 5.75 Å². The monoisotopic (exact) mass is 265 g/mol. The fraction of sp³-hybridized carbons (Fsp3) is 0.533. The van der Waals surface area contributed by atoms with Gasteiger partial charge in [-0.3, -0.25) is 4.79 Å². The molecular formula is C15H23NO3. The van der Waals surface area contributed by atoms with Crippen molar-refractivity contribution in [2.75, 3.05) is 20.3 Å². The summed E-state index contributed by atoms with van der Waals surface area (Å²) in [5.41, 5.74) is 1.07. The maximum absolute atomic E-state index is 11.8. The predicted octanol–water partition coefficient (Wildman–Crippen LogP) is 2.47. The molecule has 0 saturated carbocycles. The van der Waals surface area contributed by atoms with Crippen molar-refractivity contribution in [2.24, 2.45) is 0 Å². The highest BCUT2D eigenvalue weighted by Crippen LogP contribution is 2.13. The molecule has 1 aromatic carbocycles. The molecule has 4 nitrogen and oxygen atoms in total. The lowest BCUT2D eigenvalue weighted by molar-refractivity contribution is -0.136. The van der Waals surface area contributed by atoms with E-state index in [1.165, 1.54) is 0 Å². The van der Waals surface area contributed by atoms with Crippen molar-refractivity contribution in [1.82, 2.24) is 4.90 Å². The van der Waals surface area contributed by atoms with Gasteiger partial charge in [-0.1, -0.05) is 12.1 Å². The van der Waals surface area contributed by atoms with E-state index in [2.05, 4.69) is 0 Å². The average molecular weight is 265 g/mol. The Kier molecular flexibility index (Phi) is 6.36. The molecule has 0 radical (unpaired) electrons. The molecule has 1 rings (SSSR count). The normalized spacial score (nSPS) is 10.6. The molecule has 0 N–H and O–H groups in total. The molecule has 1 aromatic rings. The number of hydrogen-bond donors (Lipinski definition) is 0. The van der Waals surface area contributed by atoms with Gasteiger partial charge in [0.1, 0.15) is 12.4 Å². The summed E-state index contributed by atoms with van der Waals surface area (Å²) in [6, 6.07) is 7.78. The fourth-order valence-electron chi connectivity index (χ4n) is 1.57. The van der Waals surface area contributed by atoms with Crippen molar-refractivity contribution in [3.8, 4) is 5.75 Å². The minimum absolute atomic E-state index is 0.0115. The van der Waals surface area contributed by atoms with Crippen LogP contribution in [0.15, 0.2) is 24.3 Å². The third-order valence-corrected chi connectivity index (χ3v) is 2.62. The van der Waals surface area contributed by atoms with Crippen LogP contribution in [-0.2, 0) is 16.1 Å². The number of amides is 1. The van der Waals surface area contributed by atoms with Gasteiger partial charge in [-0.2, -0.15) is 0 Å². The highest BCUT2D eigenvalue weighted by atomic mass is 16.5. The van der Waals surface area contributed by atoms with Crippen LogP contribution < -0.4 is 4.74 Å². The van der Waals surface area contributed by atoms with Crippen molar-refractivity contribution in [3.63, 3.8) is 0 Å². The van der Waals surface area contributed by atoms with Crippen molar-refractivity contribution in [2.45, 2.75) is 33.4 Å². The molecule has 0 bridgehead atoms. The van der Waals surface area contributed by atoms with Crippen molar-refractivity contribution in [1.29, 1.82) is 0 Å². The fourth-order valence-corrected chi connectivity index (χ4v) is 1.57. The molecule has 0 fully saturated rings. The summed E-state index contributed by atoms with van der Waals surface area (Å²) < 4.78 is 10.7. The standard InChI is InChI=1S/C15H23NO3/c1-5-18-14-8-6-13(7-9-14)10-16(4)15(17)11-19-12(2)3/h6-9,12H,5,10-11H2,1-4H3. The van der Waals surface area contributed by atoms with Crippen LogP contribution in [0.25, 0.3) is 0 Å². The Bertz CT molecular complexity index is 387. The first-order valence-corrected chi connectivity index (χ1v) is 6.60. The van der Waals surface area contributed by atoms with Gasteiger partial charge in [0.25, 0.3) is 0 Å². The summed E-state index contributed by atoms with van der Waals surface area (Å²) >= 11 is 0. The molecule has 0 atom stereocenters.